The number of benzene rings is 2. The first-order valence-corrected chi connectivity index (χ1v) is 6.53. The molecule has 4 heteroatoms. The van der Waals surface area contributed by atoms with Gasteiger partial charge >= 0.3 is 0 Å². The zero-order valence-electron chi connectivity index (χ0n) is 9.68. The number of phenols is 1. The monoisotopic (exact) mass is 278 g/mol. The Bertz CT molecular complexity index is 596. The largest absolute Gasteiger partial charge is 0.507 e. The van der Waals surface area contributed by atoms with Crippen molar-refractivity contribution < 1.29 is 9.90 Å². The van der Waals surface area contributed by atoms with E-state index in [4.69, 9.17) is 11.6 Å². The zero-order chi connectivity index (χ0) is 13.1. The van der Waals surface area contributed by atoms with Crippen LogP contribution in [0.15, 0.2) is 47.4 Å². The lowest BCUT2D eigenvalue weighted by Crippen LogP contribution is -1.83. The molecular formula is C14H11ClO2S. The summed E-state index contributed by atoms with van der Waals surface area (Å²) >= 11 is 7.01. The minimum absolute atomic E-state index is 0.00935. The molecule has 0 aliphatic rings. The van der Waals surface area contributed by atoms with E-state index in [0.29, 0.717) is 10.6 Å². The van der Waals surface area contributed by atoms with Gasteiger partial charge in [-0.05, 0) is 35.9 Å². The molecule has 0 aliphatic heterocycles. The first-order chi connectivity index (χ1) is 8.56. The normalized spacial score (nSPS) is 10.3. The van der Waals surface area contributed by atoms with Crippen molar-refractivity contribution in [1.82, 2.24) is 0 Å². The molecule has 0 heterocycles. The van der Waals surface area contributed by atoms with E-state index in [0.717, 1.165) is 22.2 Å². The van der Waals surface area contributed by atoms with Crippen molar-refractivity contribution in [3.63, 3.8) is 0 Å². The molecule has 92 valence electrons. The number of carbonyl (C=O) groups excluding carboxylic acids is 1. The molecule has 0 bridgehead atoms. The van der Waals surface area contributed by atoms with Gasteiger partial charge in [0.05, 0.1) is 0 Å². The van der Waals surface area contributed by atoms with E-state index in [2.05, 4.69) is 0 Å². The predicted molar refractivity (Wildman–Crippen MR) is 75.1 cm³/mol. The predicted octanol–water partition coefficient (Wildman–Crippen LogP) is 4.35. The van der Waals surface area contributed by atoms with E-state index >= 15 is 0 Å². The number of carbonyl (C=O) groups is 1. The number of rotatable bonds is 2. The summed E-state index contributed by atoms with van der Waals surface area (Å²) in [5.74, 6) is 0.142. The summed E-state index contributed by atoms with van der Waals surface area (Å²) in [6, 6.07) is 12.4. The smallest absolute Gasteiger partial charge is 0.190 e. The third-order valence-electron chi connectivity index (χ3n) is 2.37. The molecule has 2 aromatic carbocycles. The SMILES string of the molecule is CC(=O)Sc1ccc(-c2cccc(Cl)c2)c(O)c1. The van der Waals surface area contributed by atoms with Gasteiger partial charge in [0.25, 0.3) is 0 Å². The Labute approximate surface area is 115 Å². The fraction of sp³-hybridized carbons (Fsp3) is 0.0714. The lowest BCUT2D eigenvalue weighted by molar-refractivity contribution is -0.109. The molecule has 0 saturated heterocycles. The molecule has 1 N–H and O–H groups in total. The van der Waals surface area contributed by atoms with Gasteiger partial charge in [-0.15, -0.1) is 0 Å². The Hall–Kier alpha value is -1.45. The Morgan fingerprint density at radius 1 is 1.22 bits per heavy atom. The second kappa shape index (κ2) is 5.46. The Morgan fingerprint density at radius 3 is 2.61 bits per heavy atom. The lowest BCUT2D eigenvalue weighted by Gasteiger charge is -2.07. The van der Waals surface area contributed by atoms with Gasteiger partial charge in [-0.25, -0.2) is 0 Å². The van der Waals surface area contributed by atoms with E-state index in [1.54, 1.807) is 24.3 Å². The van der Waals surface area contributed by atoms with Gasteiger partial charge < -0.3 is 5.11 Å². The standard InChI is InChI=1S/C14H11ClO2S/c1-9(16)18-12-5-6-13(14(17)8-12)10-3-2-4-11(15)7-10/h2-8,17H,1H3. The maximum atomic E-state index is 11.0. The number of thioether (sulfide) groups is 1. The first kappa shape index (κ1) is 13.0. The molecule has 0 radical (unpaired) electrons. The summed E-state index contributed by atoms with van der Waals surface area (Å²) in [7, 11) is 0. The summed E-state index contributed by atoms with van der Waals surface area (Å²) in [6.45, 7) is 1.49. The second-order valence-corrected chi connectivity index (χ2v) is 5.47. The topological polar surface area (TPSA) is 37.3 Å². The molecule has 2 nitrogen and oxygen atoms in total. The van der Waals surface area contributed by atoms with Gasteiger partial charge in [-0.2, -0.15) is 0 Å². The van der Waals surface area contributed by atoms with Crippen LogP contribution >= 0.6 is 23.4 Å². The van der Waals surface area contributed by atoms with Crippen molar-refractivity contribution >= 4 is 28.5 Å². The molecule has 2 rings (SSSR count). The van der Waals surface area contributed by atoms with Gasteiger partial charge in [-0.1, -0.05) is 35.5 Å². The molecule has 0 aromatic heterocycles. The molecule has 0 atom stereocenters. The highest BCUT2D eigenvalue weighted by Crippen LogP contribution is 2.34. The molecule has 18 heavy (non-hydrogen) atoms. The van der Waals surface area contributed by atoms with Crippen LogP contribution in [0.1, 0.15) is 6.92 Å². The summed E-state index contributed by atoms with van der Waals surface area (Å²) in [5.41, 5.74) is 1.55. The van der Waals surface area contributed by atoms with Crippen molar-refractivity contribution in [2.24, 2.45) is 0 Å². The van der Waals surface area contributed by atoms with Gasteiger partial charge in [0.15, 0.2) is 5.12 Å². The van der Waals surface area contributed by atoms with Gasteiger partial charge in [0.1, 0.15) is 5.75 Å². The summed E-state index contributed by atoms with van der Waals surface area (Å²) in [6.07, 6.45) is 0. The maximum Gasteiger partial charge on any atom is 0.190 e. The third kappa shape index (κ3) is 3.06. The first-order valence-electron chi connectivity index (χ1n) is 5.33. The van der Waals surface area contributed by atoms with Gasteiger partial charge in [0.2, 0.25) is 0 Å². The van der Waals surface area contributed by atoms with Crippen LogP contribution in [-0.2, 0) is 4.79 Å². The van der Waals surface area contributed by atoms with Crippen molar-refractivity contribution in [2.45, 2.75) is 11.8 Å². The summed E-state index contributed by atoms with van der Waals surface area (Å²) in [5, 5.41) is 10.6. The molecule has 0 unspecified atom stereocenters. The minimum atomic E-state index is -0.00935. The average Bonchev–Trinajstić information content (AvgIpc) is 2.28. The highest BCUT2D eigenvalue weighted by atomic mass is 35.5. The summed E-state index contributed by atoms with van der Waals surface area (Å²) in [4.78, 5) is 11.7. The van der Waals surface area contributed by atoms with E-state index < -0.39 is 0 Å². The zero-order valence-corrected chi connectivity index (χ0v) is 11.3. The second-order valence-electron chi connectivity index (χ2n) is 3.78. The fourth-order valence-corrected chi connectivity index (χ4v) is 2.47. The van der Waals surface area contributed by atoms with Crippen molar-refractivity contribution in [2.75, 3.05) is 0 Å². The third-order valence-corrected chi connectivity index (χ3v) is 3.38. The van der Waals surface area contributed by atoms with Crippen LogP contribution in [0.4, 0.5) is 0 Å². The minimum Gasteiger partial charge on any atom is -0.507 e. The molecular weight excluding hydrogens is 268 g/mol. The molecule has 0 fully saturated rings. The molecule has 0 amide bonds. The summed E-state index contributed by atoms with van der Waals surface area (Å²) < 4.78 is 0. The number of phenolic OH excluding ortho intramolecular Hbond substituents is 1. The van der Waals surface area contributed by atoms with E-state index in [9.17, 15) is 9.90 Å². The van der Waals surface area contributed by atoms with Crippen LogP contribution in [0.3, 0.4) is 0 Å². The van der Waals surface area contributed by atoms with Crippen molar-refractivity contribution in [3.05, 3.63) is 47.5 Å². The maximum absolute atomic E-state index is 11.0. The van der Waals surface area contributed by atoms with Crippen LogP contribution in [-0.4, -0.2) is 10.2 Å². The lowest BCUT2D eigenvalue weighted by atomic mass is 10.1. The number of halogens is 1. The number of hydrogen-bond donors (Lipinski definition) is 1. The number of aromatic hydroxyl groups is 1. The van der Waals surface area contributed by atoms with E-state index in [1.807, 2.05) is 18.2 Å². The quantitative estimate of drug-likeness (QED) is 0.830. The van der Waals surface area contributed by atoms with Gasteiger partial charge in [-0.3, -0.25) is 4.79 Å². The molecule has 2 aromatic rings. The van der Waals surface area contributed by atoms with Crippen LogP contribution in [0, 0.1) is 0 Å². The Balaban J connectivity index is 2.38. The fourth-order valence-electron chi connectivity index (χ4n) is 1.64. The van der Waals surface area contributed by atoms with Crippen molar-refractivity contribution in [3.8, 4) is 16.9 Å². The molecule has 0 saturated carbocycles. The highest BCUT2D eigenvalue weighted by molar-refractivity contribution is 8.13. The van der Waals surface area contributed by atoms with Gasteiger partial charge in [0, 0.05) is 22.4 Å². The van der Waals surface area contributed by atoms with Crippen LogP contribution in [0.2, 0.25) is 5.02 Å². The average molecular weight is 279 g/mol. The van der Waals surface area contributed by atoms with Crippen molar-refractivity contribution in [1.29, 1.82) is 0 Å². The Kier molecular flexibility index (Phi) is 3.94. The van der Waals surface area contributed by atoms with Crippen LogP contribution in [0.25, 0.3) is 11.1 Å². The van der Waals surface area contributed by atoms with Crippen LogP contribution in [0.5, 0.6) is 5.75 Å². The Morgan fingerprint density at radius 2 is 2.00 bits per heavy atom. The van der Waals surface area contributed by atoms with E-state index in [1.165, 1.54) is 6.92 Å². The van der Waals surface area contributed by atoms with Crippen LogP contribution < -0.4 is 0 Å². The number of hydrogen-bond acceptors (Lipinski definition) is 3. The highest BCUT2D eigenvalue weighted by Gasteiger charge is 2.07. The van der Waals surface area contributed by atoms with E-state index in [-0.39, 0.29) is 10.9 Å². The molecule has 0 spiro atoms. The molecule has 0 aliphatic carbocycles.